The van der Waals surface area contributed by atoms with Crippen LogP contribution in [0.2, 0.25) is 0 Å². The lowest BCUT2D eigenvalue weighted by Gasteiger charge is -2.19. The maximum Gasteiger partial charge on any atom is 0.164 e. The van der Waals surface area contributed by atoms with Crippen LogP contribution in [-0.2, 0) is 6.42 Å². The molecule has 1 aliphatic heterocycles. The molecule has 1 aliphatic rings. The SMILES string of the molecule is C=C/C=C(\C=C\c1cc2ccccc2c2ccccc12)c1cc(-c2ccc(C3Cc4ccccc4C=N3)cc2)cc(-c2nc(-c3ccccc3)nc(-c3ccccc3)n2)c1. The van der Waals surface area contributed by atoms with Gasteiger partial charge >= 0.3 is 0 Å². The largest absolute Gasteiger partial charge is 0.284 e. The van der Waals surface area contributed by atoms with Crippen LogP contribution in [0.5, 0.6) is 0 Å². The lowest BCUT2D eigenvalue weighted by Crippen LogP contribution is -2.08. The molecule has 8 aromatic carbocycles. The molecule has 9 aromatic rings. The van der Waals surface area contributed by atoms with Crippen LogP contribution in [0.15, 0.2) is 212 Å². The molecule has 0 spiro atoms. The summed E-state index contributed by atoms with van der Waals surface area (Å²) in [5, 5.41) is 4.90. The van der Waals surface area contributed by atoms with E-state index in [1.54, 1.807) is 0 Å². The van der Waals surface area contributed by atoms with Gasteiger partial charge in [-0.25, -0.2) is 15.0 Å². The molecule has 0 N–H and O–H groups in total. The molecule has 0 bridgehead atoms. The summed E-state index contributed by atoms with van der Waals surface area (Å²) in [6.07, 6.45) is 11.2. The molecule has 1 atom stereocenters. The minimum atomic E-state index is 0.0762. The maximum absolute atomic E-state index is 5.14. The molecule has 0 aliphatic carbocycles. The van der Waals surface area contributed by atoms with Gasteiger partial charge in [0.1, 0.15) is 0 Å². The first kappa shape index (κ1) is 36.5. The van der Waals surface area contributed by atoms with Gasteiger partial charge in [-0.15, -0.1) is 0 Å². The Bertz CT molecular complexity index is 3070. The van der Waals surface area contributed by atoms with Gasteiger partial charge in [-0.05, 0) is 96.7 Å². The van der Waals surface area contributed by atoms with Gasteiger partial charge in [0, 0.05) is 22.9 Å². The van der Waals surface area contributed by atoms with Crippen molar-refractivity contribution in [3.63, 3.8) is 0 Å². The Hall–Kier alpha value is -7.82. The highest BCUT2D eigenvalue weighted by molar-refractivity contribution is 6.11. The third-order valence-corrected chi connectivity index (χ3v) is 11.3. The zero-order valence-electron chi connectivity index (χ0n) is 33.0. The van der Waals surface area contributed by atoms with Gasteiger partial charge in [0.15, 0.2) is 17.5 Å². The van der Waals surface area contributed by atoms with Gasteiger partial charge in [-0.3, -0.25) is 4.99 Å². The average Bonchev–Trinajstić information content (AvgIpc) is 3.33. The maximum atomic E-state index is 5.14. The van der Waals surface area contributed by atoms with Gasteiger partial charge in [-0.2, -0.15) is 0 Å². The lowest BCUT2D eigenvalue weighted by molar-refractivity contribution is 0.717. The number of benzene rings is 8. The van der Waals surface area contributed by atoms with Gasteiger partial charge in [-0.1, -0.05) is 189 Å². The summed E-state index contributed by atoms with van der Waals surface area (Å²) < 4.78 is 0. The van der Waals surface area contributed by atoms with E-state index in [9.17, 15) is 0 Å². The normalized spacial score (nSPS) is 13.8. The highest BCUT2D eigenvalue weighted by Gasteiger charge is 2.18. The third kappa shape index (κ3) is 7.39. The molecule has 10 rings (SSSR count). The van der Waals surface area contributed by atoms with Crippen LogP contribution in [-0.4, -0.2) is 21.2 Å². The third-order valence-electron chi connectivity index (χ3n) is 11.3. The summed E-state index contributed by atoms with van der Waals surface area (Å²) in [6.45, 7) is 4.14. The zero-order chi connectivity index (χ0) is 40.3. The molecule has 0 radical (unpaired) electrons. The number of aromatic nitrogens is 3. The van der Waals surface area contributed by atoms with E-state index in [0.29, 0.717) is 17.5 Å². The second-order valence-corrected chi connectivity index (χ2v) is 15.1. The molecule has 4 heteroatoms. The van der Waals surface area contributed by atoms with Crippen LogP contribution < -0.4 is 0 Å². The van der Waals surface area contributed by atoms with Crippen molar-refractivity contribution in [2.75, 3.05) is 0 Å². The van der Waals surface area contributed by atoms with Gasteiger partial charge in [0.05, 0.1) is 6.04 Å². The second-order valence-electron chi connectivity index (χ2n) is 15.1. The molecule has 0 saturated heterocycles. The Morgan fingerprint density at radius 2 is 1.12 bits per heavy atom. The van der Waals surface area contributed by atoms with Crippen LogP contribution in [0.25, 0.3) is 78.5 Å². The van der Waals surface area contributed by atoms with E-state index >= 15 is 0 Å². The molecule has 1 aromatic heterocycles. The van der Waals surface area contributed by atoms with Crippen molar-refractivity contribution in [2.45, 2.75) is 12.5 Å². The summed E-state index contributed by atoms with van der Waals surface area (Å²) >= 11 is 0. The quantitative estimate of drug-likeness (QED) is 0.109. The van der Waals surface area contributed by atoms with Crippen molar-refractivity contribution >= 4 is 39.4 Å². The van der Waals surface area contributed by atoms with Crippen molar-refractivity contribution in [1.29, 1.82) is 0 Å². The topological polar surface area (TPSA) is 51.0 Å². The smallest absolute Gasteiger partial charge is 0.164 e. The Balaban J connectivity index is 1.11. The predicted molar refractivity (Wildman–Crippen MR) is 251 cm³/mol. The lowest BCUT2D eigenvalue weighted by atomic mass is 9.91. The van der Waals surface area contributed by atoms with Crippen LogP contribution in [0.1, 0.15) is 33.9 Å². The number of nitrogens with zero attached hydrogens (tertiary/aromatic N) is 4. The van der Waals surface area contributed by atoms with Gasteiger partial charge in [0.2, 0.25) is 0 Å². The number of aliphatic imine (C=N–C) groups is 1. The molecule has 2 heterocycles. The predicted octanol–water partition coefficient (Wildman–Crippen LogP) is 13.8. The highest BCUT2D eigenvalue weighted by atomic mass is 15.0. The Morgan fingerprint density at radius 1 is 0.517 bits per heavy atom. The van der Waals surface area contributed by atoms with E-state index in [-0.39, 0.29) is 6.04 Å². The summed E-state index contributed by atoms with van der Waals surface area (Å²) in [4.78, 5) is 20.2. The summed E-state index contributed by atoms with van der Waals surface area (Å²) in [5.41, 5.74) is 11.8. The van der Waals surface area contributed by atoms with Crippen LogP contribution in [0, 0.1) is 0 Å². The van der Waals surface area contributed by atoms with Crippen molar-refractivity contribution in [1.82, 2.24) is 15.0 Å². The molecule has 60 heavy (non-hydrogen) atoms. The second kappa shape index (κ2) is 16.2. The highest BCUT2D eigenvalue weighted by Crippen LogP contribution is 2.36. The summed E-state index contributed by atoms with van der Waals surface area (Å²) in [6, 6.07) is 63.8. The number of allylic oxidation sites excluding steroid dienone is 4. The fourth-order valence-electron chi connectivity index (χ4n) is 8.18. The summed E-state index contributed by atoms with van der Waals surface area (Å²) in [7, 11) is 0. The fraction of sp³-hybridized carbons (Fsp3) is 0.0357. The Kier molecular flexibility index (Phi) is 9.86. The van der Waals surface area contributed by atoms with E-state index in [2.05, 4.69) is 146 Å². The number of hydrogen-bond donors (Lipinski definition) is 0. The van der Waals surface area contributed by atoms with Gasteiger partial charge in [0.25, 0.3) is 0 Å². The molecule has 0 fully saturated rings. The molecular weight excluding hydrogens is 729 g/mol. The van der Waals surface area contributed by atoms with E-state index in [1.165, 1.54) is 38.2 Å². The number of fused-ring (bicyclic) bond motifs is 4. The van der Waals surface area contributed by atoms with E-state index in [0.717, 1.165) is 50.9 Å². The van der Waals surface area contributed by atoms with E-state index in [1.807, 2.05) is 73.0 Å². The molecular formula is C56H40N4. The van der Waals surface area contributed by atoms with Crippen molar-refractivity contribution in [2.24, 2.45) is 4.99 Å². The molecule has 4 nitrogen and oxygen atoms in total. The Labute approximate surface area is 350 Å². The number of rotatable bonds is 9. The first-order chi connectivity index (χ1) is 29.7. The van der Waals surface area contributed by atoms with E-state index in [4.69, 9.17) is 19.9 Å². The van der Waals surface area contributed by atoms with Crippen LogP contribution in [0.4, 0.5) is 0 Å². The first-order valence-corrected chi connectivity index (χ1v) is 20.3. The molecule has 284 valence electrons. The summed E-state index contributed by atoms with van der Waals surface area (Å²) in [5.74, 6) is 1.84. The number of hydrogen-bond acceptors (Lipinski definition) is 4. The standard InChI is InChI=1S/C56H40N4/c1-2-15-38(28-31-45-32-44-21-11-12-23-50(44)52-25-14-13-24-51(45)52)47-33-48(39-26-29-40(30-27-39)53-36-43-20-9-10-22-46(43)37-57-53)35-49(34-47)56-59-54(41-16-5-3-6-17-41)58-55(60-56)42-18-7-4-8-19-42/h2-35,37,53H,1,36H2/b31-28+,38-15+. The molecule has 1 unspecified atom stereocenters. The molecule has 0 saturated carbocycles. The minimum absolute atomic E-state index is 0.0762. The molecule has 0 amide bonds. The fourth-order valence-corrected chi connectivity index (χ4v) is 8.18. The zero-order valence-corrected chi connectivity index (χ0v) is 33.0. The van der Waals surface area contributed by atoms with Crippen LogP contribution >= 0.6 is 0 Å². The van der Waals surface area contributed by atoms with Crippen molar-refractivity contribution < 1.29 is 0 Å². The van der Waals surface area contributed by atoms with Gasteiger partial charge < -0.3 is 0 Å². The Morgan fingerprint density at radius 3 is 1.83 bits per heavy atom. The monoisotopic (exact) mass is 768 g/mol. The van der Waals surface area contributed by atoms with Crippen molar-refractivity contribution in [3.05, 3.63) is 235 Å². The van der Waals surface area contributed by atoms with Crippen molar-refractivity contribution in [3.8, 4) is 45.3 Å². The first-order valence-electron chi connectivity index (χ1n) is 20.3. The van der Waals surface area contributed by atoms with E-state index < -0.39 is 0 Å². The minimum Gasteiger partial charge on any atom is -0.284 e. The van der Waals surface area contributed by atoms with Crippen LogP contribution in [0.3, 0.4) is 0 Å². The average molecular weight is 769 g/mol.